The van der Waals surface area contributed by atoms with Gasteiger partial charge in [-0.2, -0.15) is 0 Å². The minimum Gasteiger partial charge on any atom is -0.393 e. The van der Waals surface area contributed by atoms with Crippen molar-refractivity contribution in [3.8, 4) is 0 Å². The van der Waals surface area contributed by atoms with E-state index in [4.69, 9.17) is 5.21 Å². The number of carbonyl (C=O) groups is 2. The van der Waals surface area contributed by atoms with Crippen molar-refractivity contribution in [2.24, 2.45) is 46.3 Å². The Morgan fingerprint density at radius 1 is 0.943 bits per heavy atom. The van der Waals surface area contributed by atoms with E-state index in [0.717, 1.165) is 32.1 Å². The molecule has 0 aromatic rings. The summed E-state index contributed by atoms with van der Waals surface area (Å²) < 4.78 is 0. The van der Waals surface area contributed by atoms with Crippen molar-refractivity contribution >= 4 is 11.8 Å². The van der Waals surface area contributed by atoms with Crippen molar-refractivity contribution in [3.05, 3.63) is 0 Å². The van der Waals surface area contributed by atoms with Crippen LogP contribution in [0.25, 0.3) is 0 Å². The van der Waals surface area contributed by atoms with Crippen LogP contribution in [0, 0.1) is 46.3 Å². The third kappa shape index (κ3) is 5.15. The van der Waals surface area contributed by atoms with E-state index < -0.39 is 5.91 Å². The highest BCUT2D eigenvalue weighted by atomic mass is 16.5. The summed E-state index contributed by atoms with van der Waals surface area (Å²) in [7, 11) is 0. The lowest BCUT2D eigenvalue weighted by Crippen LogP contribution is -2.58. The molecule has 35 heavy (non-hydrogen) atoms. The van der Waals surface area contributed by atoms with Gasteiger partial charge in [0.25, 0.3) is 0 Å². The van der Waals surface area contributed by atoms with Gasteiger partial charge in [0.05, 0.1) is 12.2 Å². The van der Waals surface area contributed by atoms with Crippen molar-refractivity contribution in [2.75, 3.05) is 6.54 Å². The highest BCUT2D eigenvalue weighted by Gasteiger charge is 2.62. The summed E-state index contributed by atoms with van der Waals surface area (Å²) in [5.74, 6) is 2.59. The molecule has 0 aliphatic heterocycles. The highest BCUT2D eigenvalue weighted by Crippen LogP contribution is 2.68. The second kappa shape index (κ2) is 10.7. The number of rotatable bonds is 8. The van der Waals surface area contributed by atoms with E-state index in [-0.39, 0.29) is 35.4 Å². The van der Waals surface area contributed by atoms with E-state index in [9.17, 15) is 19.8 Å². The smallest absolute Gasteiger partial charge is 0.243 e. The van der Waals surface area contributed by atoms with Crippen molar-refractivity contribution < 1.29 is 25.0 Å². The molecular formula is C28H48N2O5. The Kier molecular flexibility index (Phi) is 8.19. The molecule has 5 N–H and O–H groups in total. The van der Waals surface area contributed by atoms with Crippen LogP contribution in [0.1, 0.15) is 97.8 Å². The van der Waals surface area contributed by atoms with E-state index >= 15 is 0 Å². The quantitative estimate of drug-likeness (QED) is 0.201. The van der Waals surface area contributed by atoms with Gasteiger partial charge in [-0.05, 0) is 111 Å². The van der Waals surface area contributed by atoms with E-state index in [1.165, 1.54) is 25.7 Å². The minimum atomic E-state index is -0.430. The van der Waals surface area contributed by atoms with Gasteiger partial charge in [-0.15, -0.1) is 0 Å². The highest BCUT2D eigenvalue weighted by molar-refractivity contribution is 5.76. The summed E-state index contributed by atoms with van der Waals surface area (Å²) in [4.78, 5) is 23.4. The molecule has 0 spiro atoms. The largest absolute Gasteiger partial charge is 0.393 e. The van der Waals surface area contributed by atoms with Crippen LogP contribution in [0.2, 0.25) is 0 Å². The lowest BCUT2D eigenvalue weighted by atomic mass is 9.43. The Morgan fingerprint density at radius 3 is 2.40 bits per heavy atom. The maximum absolute atomic E-state index is 12.4. The molecule has 0 heterocycles. The predicted octanol–water partition coefficient (Wildman–Crippen LogP) is 3.80. The summed E-state index contributed by atoms with van der Waals surface area (Å²) in [5, 5.41) is 33.1. The van der Waals surface area contributed by atoms with E-state index in [2.05, 4.69) is 26.1 Å². The van der Waals surface area contributed by atoms with Gasteiger partial charge in [-0.3, -0.25) is 14.8 Å². The molecule has 10 atom stereocenters. The minimum absolute atomic E-state index is 0.0332. The molecule has 0 aromatic heterocycles. The van der Waals surface area contributed by atoms with Crippen molar-refractivity contribution in [1.82, 2.24) is 10.8 Å². The summed E-state index contributed by atoms with van der Waals surface area (Å²) in [5.41, 5.74) is 2.09. The van der Waals surface area contributed by atoms with Crippen molar-refractivity contribution in [2.45, 2.75) is 110 Å². The fourth-order valence-electron chi connectivity index (χ4n) is 9.36. The van der Waals surface area contributed by atoms with Gasteiger partial charge in [-0.1, -0.05) is 20.8 Å². The molecule has 0 radical (unpaired) electrons. The van der Waals surface area contributed by atoms with Gasteiger partial charge < -0.3 is 15.5 Å². The van der Waals surface area contributed by atoms with Gasteiger partial charge in [0.15, 0.2) is 0 Å². The lowest BCUT2D eigenvalue weighted by Gasteiger charge is -2.62. The lowest BCUT2D eigenvalue weighted by molar-refractivity contribution is -0.174. The molecule has 200 valence electrons. The first kappa shape index (κ1) is 26.9. The average molecular weight is 493 g/mol. The zero-order valence-electron chi connectivity index (χ0n) is 22.0. The van der Waals surface area contributed by atoms with Crippen molar-refractivity contribution in [1.29, 1.82) is 0 Å². The fraction of sp³-hybridized carbons (Fsp3) is 0.929. The number of fused-ring (bicyclic) bond motifs is 5. The number of hydrogen-bond acceptors (Lipinski definition) is 5. The number of hydroxylamine groups is 1. The summed E-state index contributed by atoms with van der Waals surface area (Å²) in [6, 6.07) is 0. The molecule has 0 aromatic carbocycles. The second-order valence-corrected chi connectivity index (χ2v) is 13.0. The molecule has 4 fully saturated rings. The molecule has 0 bridgehead atoms. The number of amides is 2. The first-order valence-electron chi connectivity index (χ1n) is 14.2. The monoisotopic (exact) mass is 492 g/mol. The van der Waals surface area contributed by atoms with E-state index in [1.807, 2.05) is 0 Å². The predicted molar refractivity (Wildman–Crippen MR) is 133 cm³/mol. The Labute approximate surface area is 210 Å². The topological polar surface area (TPSA) is 119 Å². The van der Waals surface area contributed by atoms with Gasteiger partial charge in [0.1, 0.15) is 0 Å². The van der Waals surface area contributed by atoms with E-state index in [1.54, 1.807) is 5.48 Å². The molecule has 1 unspecified atom stereocenters. The van der Waals surface area contributed by atoms with Crippen LogP contribution in [0.3, 0.4) is 0 Å². The molecule has 7 nitrogen and oxygen atoms in total. The maximum atomic E-state index is 12.4. The Morgan fingerprint density at radius 2 is 1.66 bits per heavy atom. The molecule has 4 aliphatic rings. The maximum Gasteiger partial charge on any atom is 0.243 e. The molecule has 4 saturated carbocycles. The van der Waals surface area contributed by atoms with Gasteiger partial charge in [-0.25, -0.2) is 5.48 Å². The Bertz CT molecular complexity index is 776. The summed E-state index contributed by atoms with van der Waals surface area (Å²) in [6.07, 6.45) is 10.1. The fourth-order valence-corrected chi connectivity index (χ4v) is 9.36. The van der Waals surface area contributed by atoms with E-state index in [0.29, 0.717) is 54.9 Å². The first-order chi connectivity index (χ1) is 16.6. The molecular weight excluding hydrogens is 444 g/mol. The van der Waals surface area contributed by atoms with Crippen LogP contribution in [-0.4, -0.2) is 46.0 Å². The number of carbonyl (C=O) groups excluding carboxylic acids is 2. The SMILES string of the molecule is C[C@H](CCC(=O)NCCCC(=O)NO)[C@H]1CC[C@H]2[C@H]3C(CC[C@]12C)[C@@]1(C)CC[C@@H](O)C[C@H]1C[C@@H]3O. The standard InChI is InChI=1S/C28H48N2O5/c1-17(6-9-24(33)29-14-4-5-25(34)30-35)20-7-8-21-26-22(11-13-28(20,21)3)27(2)12-10-19(31)15-18(27)16-23(26)32/h17-23,26,31-32,35H,4-16H2,1-3H3,(H,29,33)(H,30,34)/t17-,18+,19-,20-,21+,22?,23+,26+,27+,28-/m1/s1. The summed E-state index contributed by atoms with van der Waals surface area (Å²) >= 11 is 0. The Balaban J connectivity index is 1.34. The number of hydrogen-bond donors (Lipinski definition) is 5. The Hall–Kier alpha value is -1.18. The van der Waals surface area contributed by atoms with Crippen LogP contribution in [0.5, 0.6) is 0 Å². The van der Waals surface area contributed by atoms with Gasteiger partial charge >= 0.3 is 0 Å². The number of aliphatic hydroxyl groups excluding tert-OH is 2. The van der Waals surface area contributed by atoms with Gasteiger partial charge in [0.2, 0.25) is 11.8 Å². The molecule has 0 saturated heterocycles. The molecule has 7 heteroatoms. The zero-order chi connectivity index (χ0) is 25.4. The summed E-state index contributed by atoms with van der Waals surface area (Å²) in [6.45, 7) is 7.68. The zero-order valence-corrected chi connectivity index (χ0v) is 22.0. The molecule has 4 rings (SSSR count). The average Bonchev–Trinajstić information content (AvgIpc) is 3.18. The second-order valence-electron chi connectivity index (χ2n) is 13.0. The number of nitrogens with one attached hydrogen (secondary N) is 2. The van der Waals surface area contributed by atoms with Crippen LogP contribution in [0.15, 0.2) is 0 Å². The van der Waals surface area contributed by atoms with Crippen LogP contribution >= 0.6 is 0 Å². The third-order valence-corrected chi connectivity index (χ3v) is 11.3. The van der Waals surface area contributed by atoms with Crippen molar-refractivity contribution in [3.63, 3.8) is 0 Å². The molecule has 2 amide bonds. The van der Waals surface area contributed by atoms with Crippen LogP contribution in [0.4, 0.5) is 0 Å². The van der Waals surface area contributed by atoms with Crippen LogP contribution in [-0.2, 0) is 9.59 Å². The third-order valence-electron chi connectivity index (χ3n) is 11.3. The normalized spacial score (nSPS) is 43.4. The molecule has 4 aliphatic carbocycles. The number of aliphatic hydroxyl groups is 2. The van der Waals surface area contributed by atoms with Gasteiger partial charge in [0, 0.05) is 19.4 Å². The van der Waals surface area contributed by atoms with Crippen LogP contribution < -0.4 is 10.8 Å². The first-order valence-corrected chi connectivity index (χ1v) is 14.2.